The molecule has 1 unspecified atom stereocenters. The molecule has 2 heterocycles. The third kappa shape index (κ3) is 11.2. The molecule has 4 rings (SSSR count). The van der Waals surface area contributed by atoms with Crippen LogP contribution in [0, 0.1) is 0 Å². The van der Waals surface area contributed by atoms with Crippen LogP contribution in [-0.2, 0) is 16.1 Å². The third-order valence-corrected chi connectivity index (χ3v) is 9.45. The van der Waals surface area contributed by atoms with Crippen LogP contribution in [0.25, 0.3) is 11.3 Å². The summed E-state index contributed by atoms with van der Waals surface area (Å²) in [6, 6.07) is 13.8. The Kier molecular flexibility index (Phi) is 12.0. The van der Waals surface area contributed by atoms with Gasteiger partial charge in [-0.15, -0.1) is 11.3 Å². The summed E-state index contributed by atoms with van der Waals surface area (Å²) in [5.41, 5.74) is 3.39. The molecule has 1 atom stereocenters. The number of carbonyl (C=O) groups is 2. The number of amides is 2. The van der Waals surface area contributed by atoms with Crippen LogP contribution in [0.2, 0.25) is 10.0 Å². The van der Waals surface area contributed by atoms with Crippen molar-refractivity contribution in [2.75, 3.05) is 30.7 Å². The van der Waals surface area contributed by atoms with Gasteiger partial charge in [-0.2, -0.15) is 0 Å². The summed E-state index contributed by atoms with van der Waals surface area (Å²) >= 11 is 15.2. The number of aromatic nitrogens is 1. The number of rotatable bonds is 11. The van der Waals surface area contributed by atoms with Crippen molar-refractivity contribution in [1.29, 1.82) is 0 Å². The Morgan fingerprint density at radius 3 is 2.63 bits per heavy atom. The zero-order valence-corrected chi connectivity index (χ0v) is 28.1. The minimum atomic E-state index is -0.534. The Morgan fingerprint density at radius 1 is 1.14 bits per heavy atom. The molecule has 1 aliphatic heterocycles. The Labute approximate surface area is 272 Å². The average molecular weight is 665 g/mol. The van der Waals surface area contributed by atoms with Crippen LogP contribution in [0.1, 0.15) is 46.1 Å². The van der Waals surface area contributed by atoms with Gasteiger partial charge >= 0.3 is 6.09 Å². The standard InChI is InChI=1S/C31H39Cl2N5O3S2/c1-20(35-29(40)41-31(2,3)4)16-34-24-7-5-6-22(15-24)27-18-42-30(37-27)43-19-28(39)36-23-10-12-38(13-11-23)17-21-8-9-25(32)26(33)14-21/h5-9,14-15,18,20,23,34H,10-13,16-17,19H2,1-4H3,(H,35,40)(H,36,39). The lowest BCUT2D eigenvalue weighted by Crippen LogP contribution is -2.44. The van der Waals surface area contributed by atoms with Crippen LogP contribution in [0.4, 0.5) is 10.5 Å². The average Bonchev–Trinajstić information content (AvgIpc) is 3.42. The number of alkyl carbamates (subject to hydrolysis) is 1. The van der Waals surface area contributed by atoms with Crippen molar-refractivity contribution in [1.82, 2.24) is 20.5 Å². The molecule has 2 aromatic carbocycles. The highest BCUT2D eigenvalue weighted by Crippen LogP contribution is 2.30. The van der Waals surface area contributed by atoms with Crippen LogP contribution in [0.5, 0.6) is 0 Å². The second-order valence-corrected chi connectivity index (χ2v) is 14.6. The van der Waals surface area contributed by atoms with E-state index < -0.39 is 11.7 Å². The van der Waals surface area contributed by atoms with Crippen molar-refractivity contribution in [3.05, 3.63) is 63.5 Å². The largest absolute Gasteiger partial charge is 0.444 e. The fourth-order valence-corrected chi connectivity index (χ4v) is 6.57. The van der Waals surface area contributed by atoms with Gasteiger partial charge in [0, 0.05) is 54.9 Å². The smallest absolute Gasteiger partial charge is 0.407 e. The highest BCUT2D eigenvalue weighted by molar-refractivity contribution is 8.01. The van der Waals surface area contributed by atoms with Crippen molar-refractivity contribution in [2.24, 2.45) is 0 Å². The number of carbonyl (C=O) groups excluding carboxylic acids is 2. The van der Waals surface area contributed by atoms with Crippen molar-refractivity contribution in [2.45, 2.75) is 69.1 Å². The number of hydrogen-bond donors (Lipinski definition) is 3. The number of piperidine rings is 1. The molecule has 0 spiro atoms. The van der Waals surface area contributed by atoms with E-state index in [-0.39, 0.29) is 18.0 Å². The highest BCUT2D eigenvalue weighted by atomic mass is 35.5. The lowest BCUT2D eigenvalue weighted by molar-refractivity contribution is -0.119. The van der Waals surface area contributed by atoms with E-state index in [9.17, 15) is 9.59 Å². The molecule has 1 fully saturated rings. The molecule has 43 heavy (non-hydrogen) atoms. The molecule has 2 amide bonds. The first-order valence-corrected chi connectivity index (χ1v) is 16.9. The van der Waals surface area contributed by atoms with E-state index in [1.165, 1.54) is 23.1 Å². The van der Waals surface area contributed by atoms with Crippen LogP contribution in [0.15, 0.2) is 52.2 Å². The van der Waals surface area contributed by atoms with Gasteiger partial charge in [-0.1, -0.05) is 53.2 Å². The fourth-order valence-electron chi connectivity index (χ4n) is 4.60. The predicted molar refractivity (Wildman–Crippen MR) is 178 cm³/mol. The SMILES string of the molecule is CC(CNc1cccc(-c2csc(SCC(=O)NC3CCN(Cc4ccc(Cl)c(Cl)c4)CC3)n2)c1)NC(=O)OC(C)(C)C. The summed E-state index contributed by atoms with van der Waals surface area (Å²) in [5.74, 6) is 0.366. The number of hydrogen-bond acceptors (Lipinski definition) is 8. The Balaban J connectivity index is 1.18. The minimum Gasteiger partial charge on any atom is -0.444 e. The molecule has 12 heteroatoms. The molecule has 1 aromatic heterocycles. The zero-order valence-electron chi connectivity index (χ0n) is 24.9. The molecular formula is C31H39Cl2N5O3S2. The van der Waals surface area contributed by atoms with Crippen LogP contribution < -0.4 is 16.0 Å². The van der Waals surface area contributed by atoms with Gasteiger partial charge in [-0.3, -0.25) is 9.69 Å². The van der Waals surface area contributed by atoms with Gasteiger partial charge in [0.25, 0.3) is 0 Å². The molecule has 0 aliphatic carbocycles. The van der Waals surface area contributed by atoms with Crippen molar-refractivity contribution < 1.29 is 14.3 Å². The first kappa shape index (κ1) is 33.4. The Morgan fingerprint density at radius 2 is 1.91 bits per heavy atom. The van der Waals surface area contributed by atoms with E-state index in [4.69, 9.17) is 32.9 Å². The first-order valence-electron chi connectivity index (χ1n) is 14.3. The van der Waals surface area contributed by atoms with Gasteiger partial charge in [-0.05, 0) is 70.4 Å². The van der Waals surface area contributed by atoms with Gasteiger partial charge in [0.05, 0.1) is 21.5 Å². The molecule has 0 radical (unpaired) electrons. The lowest BCUT2D eigenvalue weighted by Gasteiger charge is -2.32. The molecular weight excluding hydrogens is 625 g/mol. The van der Waals surface area contributed by atoms with Crippen LogP contribution in [-0.4, -0.2) is 65.0 Å². The number of halogens is 2. The summed E-state index contributed by atoms with van der Waals surface area (Å²) < 4.78 is 6.18. The fraction of sp³-hybridized carbons (Fsp3) is 0.452. The lowest BCUT2D eigenvalue weighted by atomic mass is 10.0. The summed E-state index contributed by atoms with van der Waals surface area (Å²) in [6.45, 7) is 10.6. The second kappa shape index (κ2) is 15.5. The van der Waals surface area contributed by atoms with E-state index in [2.05, 4.69) is 20.9 Å². The van der Waals surface area contributed by atoms with E-state index in [1.54, 1.807) is 0 Å². The summed E-state index contributed by atoms with van der Waals surface area (Å²) in [4.78, 5) is 31.8. The number of thiazole rings is 1. The first-order chi connectivity index (χ1) is 20.4. The summed E-state index contributed by atoms with van der Waals surface area (Å²) in [6.07, 6.45) is 1.40. The van der Waals surface area contributed by atoms with Gasteiger partial charge in [0.1, 0.15) is 5.60 Å². The van der Waals surface area contributed by atoms with E-state index in [0.717, 1.165) is 59.3 Å². The zero-order chi connectivity index (χ0) is 31.0. The summed E-state index contributed by atoms with van der Waals surface area (Å²) in [7, 11) is 0. The van der Waals surface area contributed by atoms with Gasteiger partial charge < -0.3 is 20.7 Å². The minimum absolute atomic E-state index is 0.0324. The van der Waals surface area contributed by atoms with Gasteiger partial charge in [0.2, 0.25) is 5.91 Å². The topological polar surface area (TPSA) is 95.6 Å². The van der Waals surface area contributed by atoms with Crippen molar-refractivity contribution >= 4 is 64.0 Å². The summed E-state index contributed by atoms with van der Waals surface area (Å²) in [5, 5.41) is 12.5. The van der Waals surface area contributed by atoms with Gasteiger partial charge in [-0.25, -0.2) is 9.78 Å². The second-order valence-electron chi connectivity index (χ2n) is 11.7. The molecule has 3 N–H and O–H groups in total. The van der Waals surface area contributed by atoms with Crippen LogP contribution >= 0.6 is 46.3 Å². The molecule has 1 saturated heterocycles. The van der Waals surface area contributed by atoms with E-state index in [0.29, 0.717) is 22.3 Å². The monoisotopic (exact) mass is 663 g/mol. The third-order valence-electron chi connectivity index (χ3n) is 6.69. The number of ether oxygens (including phenoxy) is 1. The molecule has 8 nitrogen and oxygen atoms in total. The maximum Gasteiger partial charge on any atom is 0.407 e. The number of thioether (sulfide) groups is 1. The molecule has 3 aromatic rings. The van der Waals surface area contributed by atoms with E-state index >= 15 is 0 Å². The number of nitrogens with one attached hydrogen (secondary N) is 3. The van der Waals surface area contributed by atoms with E-state index in [1.807, 2.05) is 75.5 Å². The quantitative estimate of drug-likeness (QED) is 0.185. The van der Waals surface area contributed by atoms with Crippen molar-refractivity contribution in [3.8, 4) is 11.3 Å². The van der Waals surface area contributed by atoms with Gasteiger partial charge in [0.15, 0.2) is 4.34 Å². The maximum absolute atomic E-state index is 12.7. The predicted octanol–water partition coefficient (Wildman–Crippen LogP) is 7.31. The molecule has 1 aliphatic rings. The molecule has 232 valence electrons. The number of nitrogens with zero attached hydrogens (tertiary/aromatic N) is 2. The highest BCUT2D eigenvalue weighted by Gasteiger charge is 2.21. The Bertz CT molecular complexity index is 1390. The molecule has 0 bridgehead atoms. The number of anilines is 1. The normalized spacial score (nSPS) is 15.1. The Hall–Kier alpha value is -2.50. The number of likely N-dealkylation sites (tertiary alicyclic amines) is 1. The van der Waals surface area contributed by atoms with Crippen molar-refractivity contribution in [3.63, 3.8) is 0 Å². The van der Waals surface area contributed by atoms with Crippen LogP contribution in [0.3, 0.4) is 0 Å². The number of benzene rings is 2. The maximum atomic E-state index is 12.7. The molecule has 0 saturated carbocycles.